The fourth-order valence-electron chi connectivity index (χ4n) is 4.64. The van der Waals surface area contributed by atoms with Crippen LogP contribution in [0, 0.1) is 6.92 Å². The van der Waals surface area contributed by atoms with Gasteiger partial charge in [-0.3, -0.25) is 0 Å². The molecule has 4 atom stereocenters. The molecule has 0 aliphatic carbocycles. The second-order valence-electron chi connectivity index (χ2n) is 8.69. The third kappa shape index (κ3) is 4.20. The first kappa shape index (κ1) is 21.8. The van der Waals surface area contributed by atoms with Crippen molar-refractivity contribution in [2.45, 2.75) is 41.8 Å². The average molecular weight is 459 g/mol. The van der Waals surface area contributed by atoms with Gasteiger partial charge in [0, 0.05) is 0 Å². The van der Waals surface area contributed by atoms with Crippen molar-refractivity contribution >= 4 is 20.6 Å². The minimum atomic E-state index is -3.75. The minimum Gasteiger partial charge on any atom is -0.390 e. The van der Waals surface area contributed by atoms with Crippen molar-refractivity contribution in [3.05, 3.63) is 114 Å². The molecule has 5 rings (SSSR count). The molecule has 168 valence electrons. The highest BCUT2D eigenvalue weighted by Crippen LogP contribution is 2.44. The van der Waals surface area contributed by atoms with E-state index in [1.54, 1.807) is 24.3 Å². The zero-order valence-corrected chi connectivity index (χ0v) is 19.2. The van der Waals surface area contributed by atoms with E-state index in [4.69, 9.17) is 4.74 Å². The molecule has 0 unspecified atom stereocenters. The molecule has 0 radical (unpaired) electrons. The van der Waals surface area contributed by atoms with Gasteiger partial charge in [0.15, 0.2) is 9.84 Å². The van der Waals surface area contributed by atoms with E-state index in [1.165, 1.54) is 0 Å². The summed E-state index contributed by atoms with van der Waals surface area (Å²) >= 11 is 0. The Morgan fingerprint density at radius 1 is 0.758 bits per heavy atom. The SMILES string of the molecule is Cc1ccc(S(=O)(=O)[C@H]2C[C@H](O)[C@@H](c3ccccc3)O[C@H]2c2ccc3ccccc3c2)cc1. The van der Waals surface area contributed by atoms with Crippen LogP contribution >= 0.6 is 0 Å². The molecule has 4 nitrogen and oxygen atoms in total. The van der Waals surface area contributed by atoms with Crippen molar-refractivity contribution in [1.82, 2.24) is 0 Å². The van der Waals surface area contributed by atoms with Gasteiger partial charge in [-0.05, 0) is 53.4 Å². The summed E-state index contributed by atoms with van der Waals surface area (Å²) in [5, 5.41) is 12.2. The van der Waals surface area contributed by atoms with Crippen LogP contribution in [0.1, 0.15) is 35.3 Å². The Morgan fingerprint density at radius 3 is 2.15 bits per heavy atom. The second-order valence-corrected chi connectivity index (χ2v) is 10.9. The highest BCUT2D eigenvalue weighted by molar-refractivity contribution is 7.92. The molecule has 4 aromatic rings. The molecule has 33 heavy (non-hydrogen) atoms. The first-order valence-electron chi connectivity index (χ1n) is 11.1. The number of sulfone groups is 1. The van der Waals surface area contributed by atoms with Crippen LogP contribution in [0.5, 0.6) is 0 Å². The predicted molar refractivity (Wildman–Crippen MR) is 130 cm³/mol. The average Bonchev–Trinajstić information content (AvgIpc) is 2.84. The van der Waals surface area contributed by atoms with Gasteiger partial charge in [0.25, 0.3) is 0 Å². The van der Waals surface area contributed by atoms with Gasteiger partial charge < -0.3 is 9.84 Å². The van der Waals surface area contributed by atoms with Crippen LogP contribution < -0.4 is 0 Å². The molecule has 0 bridgehead atoms. The lowest BCUT2D eigenvalue weighted by Gasteiger charge is -2.39. The Kier molecular flexibility index (Phi) is 5.79. The summed E-state index contributed by atoms with van der Waals surface area (Å²) in [5.41, 5.74) is 2.62. The number of aliphatic hydroxyl groups excluding tert-OH is 1. The zero-order chi connectivity index (χ0) is 23.0. The van der Waals surface area contributed by atoms with E-state index in [1.807, 2.05) is 79.7 Å². The number of aliphatic hydroxyl groups is 1. The van der Waals surface area contributed by atoms with Crippen LogP contribution in [-0.2, 0) is 14.6 Å². The van der Waals surface area contributed by atoms with E-state index in [9.17, 15) is 13.5 Å². The van der Waals surface area contributed by atoms with E-state index in [0.717, 1.165) is 27.5 Å². The molecule has 1 heterocycles. The van der Waals surface area contributed by atoms with Gasteiger partial charge in [-0.15, -0.1) is 0 Å². The number of hydrogen-bond donors (Lipinski definition) is 1. The third-order valence-electron chi connectivity index (χ3n) is 6.43. The summed E-state index contributed by atoms with van der Waals surface area (Å²) in [6, 6.07) is 30.3. The summed E-state index contributed by atoms with van der Waals surface area (Å²) in [6.07, 6.45) is -2.16. The lowest BCUT2D eigenvalue weighted by molar-refractivity contribution is -0.119. The van der Waals surface area contributed by atoms with E-state index >= 15 is 0 Å². The molecule has 1 saturated heterocycles. The van der Waals surface area contributed by atoms with Crippen LogP contribution in [0.4, 0.5) is 0 Å². The number of fused-ring (bicyclic) bond motifs is 1. The highest BCUT2D eigenvalue weighted by Gasteiger charge is 2.45. The Labute approximate surface area is 194 Å². The summed E-state index contributed by atoms with van der Waals surface area (Å²) < 4.78 is 33.9. The third-order valence-corrected chi connectivity index (χ3v) is 8.60. The molecule has 1 aliphatic rings. The first-order chi connectivity index (χ1) is 15.9. The van der Waals surface area contributed by atoms with Crippen molar-refractivity contribution < 1.29 is 18.3 Å². The van der Waals surface area contributed by atoms with Crippen molar-refractivity contribution in [3.63, 3.8) is 0 Å². The number of benzene rings is 4. The normalized spacial score (nSPS) is 23.5. The van der Waals surface area contributed by atoms with Gasteiger partial charge >= 0.3 is 0 Å². The van der Waals surface area contributed by atoms with Gasteiger partial charge in [0.05, 0.1) is 16.2 Å². The van der Waals surface area contributed by atoms with Gasteiger partial charge in [-0.25, -0.2) is 8.42 Å². The smallest absolute Gasteiger partial charge is 0.184 e. The lowest BCUT2D eigenvalue weighted by atomic mass is 9.91. The van der Waals surface area contributed by atoms with Gasteiger partial charge in [0.1, 0.15) is 12.2 Å². The van der Waals surface area contributed by atoms with Gasteiger partial charge in [-0.2, -0.15) is 0 Å². The molecule has 4 aromatic carbocycles. The highest BCUT2D eigenvalue weighted by atomic mass is 32.2. The van der Waals surface area contributed by atoms with Crippen molar-refractivity contribution in [1.29, 1.82) is 0 Å². The van der Waals surface area contributed by atoms with Crippen molar-refractivity contribution in [2.75, 3.05) is 0 Å². The molecule has 1 N–H and O–H groups in total. The Bertz CT molecular complexity index is 1360. The lowest BCUT2D eigenvalue weighted by Crippen LogP contribution is -2.42. The fraction of sp³-hybridized carbons (Fsp3) is 0.214. The second kappa shape index (κ2) is 8.75. The van der Waals surface area contributed by atoms with Crippen LogP contribution in [0.15, 0.2) is 102 Å². The van der Waals surface area contributed by atoms with E-state index < -0.39 is 33.4 Å². The molecule has 0 saturated carbocycles. The quantitative estimate of drug-likeness (QED) is 0.435. The topological polar surface area (TPSA) is 63.6 Å². The minimum absolute atomic E-state index is 0.0905. The number of hydrogen-bond acceptors (Lipinski definition) is 4. The van der Waals surface area contributed by atoms with Gasteiger partial charge in [0.2, 0.25) is 0 Å². The molecule has 0 amide bonds. The maximum Gasteiger partial charge on any atom is 0.184 e. The molecule has 1 fully saturated rings. The van der Waals surface area contributed by atoms with Crippen LogP contribution in [0.3, 0.4) is 0 Å². The van der Waals surface area contributed by atoms with Crippen molar-refractivity contribution in [3.8, 4) is 0 Å². The van der Waals surface area contributed by atoms with E-state index in [-0.39, 0.29) is 11.3 Å². The number of aryl methyl sites for hydroxylation is 1. The predicted octanol–water partition coefficient (Wildman–Crippen LogP) is 5.55. The monoisotopic (exact) mass is 458 g/mol. The standard InChI is InChI=1S/C28H26O4S/c1-19-11-15-24(16-12-19)33(30,31)26-18-25(29)27(21-8-3-2-4-9-21)32-28(26)23-14-13-20-7-5-6-10-22(20)17-23/h2-17,25-29H,18H2,1H3/t25-,26-,27+,28-/m0/s1. The summed E-state index contributed by atoms with van der Waals surface area (Å²) in [5.74, 6) is 0. The Hall–Kier alpha value is -2.99. The molecular weight excluding hydrogens is 432 g/mol. The Morgan fingerprint density at radius 2 is 1.42 bits per heavy atom. The fourth-order valence-corrected chi connectivity index (χ4v) is 6.50. The molecule has 5 heteroatoms. The van der Waals surface area contributed by atoms with E-state index in [2.05, 4.69) is 0 Å². The number of rotatable bonds is 4. The largest absolute Gasteiger partial charge is 0.390 e. The zero-order valence-electron chi connectivity index (χ0n) is 18.3. The summed E-state index contributed by atoms with van der Waals surface area (Å²) in [7, 11) is -3.75. The van der Waals surface area contributed by atoms with Gasteiger partial charge in [-0.1, -0.05) is 84.4 Å². The van der Waals surface area contributed by atoms with Crippen LogP contribution in [-0.4, -0.2) is 24.9 Å². The van der Waals surface area contributed by atoms with Crippen LogP contribution in [0.2, 0.25) is 0 Å². The molecular formula is C28H26O4S. The summed E-state index contributed by atoms with van der Waals surface area (Å²) in [4.78, 5) is 0.248. The van der Waals surface area contributed by atoms with Crippen LogP contribution in [0.25, 0.3) is 10.8 Å². The molecule has 0 spiro atoms. The molecule has 0 aromatic heterocycles. The number of ether oxygens (including phenoxy) is 1. The first-order valence-corrected chi connectivity index (χ1v) is 12.7. The molecule has 1 aliphatic heterocycles. The summed E-state index contributed by atoms with van der Waals surface area (Å²) in [6.45, 7) is 1.92. The Balaban J connectivity index is 1.60. The maximum atomic E-state index is 13.7. The maximum absolute atomic E-state index is 13.7. The van der Waals surface area contributed by atoms with E-state index in [0.29, 0.717) is 0 Å². The van der Waals surface area contributed by atoms with Crippen molar-refractivity contribution in [2.24, 2.45) is 0 Å².